The summed E-state index contributed by atoms with van der Waals surface area (Å²) in [6, 6.07) is 14.3. The third-order valence-electron chi connectivity index (χ3n) is 3.96. The number of nitrogens with zero attached hydrogens (tertiary/aromatic N) is 2. The number of rotatable bonds is 3. The van der Waals surface area contributed by atoms with Crippen LogP contribution in [-0.2, 0) is 0 Å². The van der Waals surface area contributed by atoms with Crippen molar-refractivity contribution < 1.29 is 0 Å². The van der Waals surface area contributed by atoms with Crippen molar-refractivity contribution in [3.8, 4) is 11.3 Å². The smallest absolute Gasteiger partial charge is 0.100 e. The summed E-state index contributed by atoms with van der Waals surface area (Å²) in [5.41, 5.74) is 4.18. The first kappa shape index (κ1) is 16.8. The molecule has 1 atom stereocenters. The van der Waals surface area contributed by atoms with E-state index in [9.17, 15) is 0 Å². The number of aromatic nitrogens is 2. The fourth-order valence-electron chi connectivity index (χ4n) is 2.59. The Balaban J connectivity index is 0.00000176. The molecule has 1 aromatic heterocycles. The molecule has 3 rings (SSSR count). The van der Waals surface area contributed by atoms with Gasteiger partial charge in [-0.05, 0) is 38.7 Å². The summed E-state index contributed by atoms with van der Waals surface area (Å²) in [6.07, 6.45) is 0. The molecule has 0 radical (unpaired) electrons. The van der Waals surface area contributed by atoms with Crippen LogP contribution < -0.4 is 0 Å². The molecule has 116 valence electrons. The van der Waals surface area contributed by atoms with Crippen LogP contribution >= 0.6 is 24.0 Å². The van der Waals surface area contributed by atoms with Crippen molar-refractivity contribution in [2.24, 2.45) is 0 Å². The van der Waals surface area contributed by atoms with Gasteiger partial charge in [0.25, 0.3) is 0 Å². The van der Waals surface area contributed by atoms with E-state index in [4.69, 9.17) is 11.6 Å². The van der Waals surface area contributed by atoms with Crippen LogP contribution in [0.4, 0.5) is 0 Å². The fourth-order valence-corrected chi connectivity index (χ4v) is 2.90. The molecule has 1 heterocycles. The third kappa shape index (κ3) is 2.84. The molecule has 0 aliphatic carbocycles. The van der Waals surface area contributed by atoms with Crippen molar-refractivity contribution in [2.45, 2.75) is 13.0 Å². The molecule has 2 aromatic carbocycles. The van der Waals surface area contributed by atoms with E-state index in [2.05, 4.69) is 48.2 Å². The van der Waals surface area contributed by atoms with Crippen LogP contribution in [0.25, 0.3) is 22.2 Å². The van der Waals surface area contributed by atoms with Crippen LogP contribution in [0.15, 0.2) is 42.5 Å². The molecule has 0 saturated carbocycles. The monoisotopic (exact) mass is 335 g/mol. The Morgan fingerprint density at radius 2 is 1.77 bits per heavy atom. The lowest BCUT2D eigenvalue weighted by atomic mass is 9.98. The van der Waals surface area contributed by atoms with Gasteiger partial charge in [-0.2, -0.15) is 5.10 Å². The fraction of sp³-hybridized carbons (Fsp3) is 0.235. The average molecular weight is 336 g/mol. The molecule has 3 aromatic rings. The number of aromatic amines is 1. The van der Waals surface area contributed by atoms with Gasteiger partial charge in [-0.25, -0.2) is 0 Å². The molecule has 0 spiro atoms. The van der Waals surface area contributed by atoms with Gasteiger partial charge in [0.05, 0.1) is 5.52 Å². The quantitative estimate of drug-likeness (QED) is 0.736. The molecule has 5 heteroatoms. The number of H-pyrrole nitrogens is 1. The van der Waals surface area contributed by atoms with Crippen molar-refractivity contribution in [1.29, 1.82) is 0 Å². The van der Waals surface area contributed by atoms with E-state index in [1.807, 2.05) is 30.3 Å². The predicted octanol–water partition coefficient (Wildman–Crippen LogP) is 4.93. The third-order valence-corrected chi connectivity index (χ3v) is 4.29. The van der Waals surface area contributed by atoms with Gasteiger partial charge in [-0.15, -0.1) is 12.4 Å². The highest BCUT2D eigenvalue weighted by Crippen LogP contribution is 2.37. The molecule has 22 heavy (non-hydrogen) atoms. The first-order valence-corrected chi connectivity index (χ1v) is 7.35. The van der Waals surface area contributed by atoms with Gasteiger partial charge < -0.3 is 4.90 Å². The number of halogens is 2. The Hall–Kier alpha value is -1.55. The summed E-state index contributed by atoms with van der Waals surface area (Å²) in [5.74, 6) is 0. The number of hydrogen-bond donors (Lipinski definition) is 1. The largest absolute Gasteiger partial charge is 0.303 e. The second-order valence-electron chi connectivity index (χ2n) is 5.46. The van der Waals surface area contributed by atoms with Crippen LogP contribution in [0.1, 0.15) is 18.5 Å². The van der Waals surface area contributed by atoms with E-state index in [0.717, 1.165) is 32.7 Å². The number of benzene rings is 2. The first-order chi connectivity index (χ1) is 10.1. The Bertz CT molecular complexity index is 766. The van der Waals surface area contributed by atoms with Gasteiger partial charge in [0.15, 0.2) is 0 Å². The maximum Gasteiger partial charge on any atom is 0.100 e. The first-order valence-electron chi connectivity index (χ1n) is 6.98. The lowest BCUT2D eigenvalue weighted by Gasteiger charge is -2.22. The van der Waals surface area contributed by atoms with Crippen LogP contribution in [-0.4, -0.2) is 29.2 Å². The molecule has 0 saturated heterocycles. The highest BCUT2D eigenvalue weighted by Gasteiger charge is 2.20. The van der Waals surface area contributed by atoms with Gasteiger partial charge in [-0.3, -0.25) is 5.10 Å². The molecule has 0 aliphatic heterocycles. The Labute approximate surface area is 141 Å². The van der Waals surface area contributed by atoms with Crippen molar-refractivity contribution in [3.05, 3.63) is 53.1 Å². The van der Waals surface area contributed by atoms with Gasteiger partial charge in [0.1, 0.15) is 5.69 Å². The Morgan fingerprint density at radius 1 is 1.09 bits per heavy atom. The van der Waals surface area contributed by atoms with E-state index in [1.165, 1.54) is 0 Å². The van der Waals surface area contributed by atoms with E-state index >= 15 is 0 Å². The standard InChI is InChI=1S/C17H18ClN3.ClH/c1-11(21(2)3)15-13(18)9-10-14-16(15)17(20-19-14)12-7-5-4-6-8-12;/h4-11H,1-3H3,(H,19,20);1H. The predicted molar refractivity (Wildman–Crippen MR) is 95.9 cm³/mol. The highest BCUT2D eigenvalue weighted by molar-refractivity contribution is 6.32. The zero-order chi connectivity index (χ0) is 15.0. The minimum atomic E-state index is 0. The van der Waals surface area contributed by atoms with Crippen molar-refractivity contribution in [2.75, 3.05) is 14.1 Å². The summed E-state index contributed by atoms with van der Waals surface area (Å²) in [4.78, 5) is 2.16. The van der Waals surface area contributed by atoms with Crippen LogP contribution in [0.5, 0.6) is 0 Å². The molecule has 1 N–H and O–H groups in total. The van der Waals surface area contributed by atoms with Crippen LogP contribution in [0.2, 0.25) is 5.02 Å². The topological polar surface area (TPSA) is 31.9 Å². The second kappa shape index (κ2) is 6.69. The Kier molecular flexibility index (Phi) is 5.12. The number of fused-ring (bicyclic) bond motifs is 1. The van der Waals surface area contributed by atoms with E-state index < -0.39 is 0 Å². The molecule has 0 aliphatic rings. The summed E-state index contributed by atoms with van der Waals surface area (Å²) in [7, 11) is 4.12. The molecular weight excluding hydrogens is 317 g/mol. The summed E-state index contributed by atoms with van der Waals surface area (Å²) >= 11 is 6.49. The van der Waals surface area contributed by atoms with Gasteiger partial charge >= 0.3 is 0 Å². The normalized spacial score (nSPS) is 12.4. The van der Waals surface area contributed by atoms with Crippen molar-refractivity contribution >= 4 is 34.9 Å². The van der Waals surface area contributed by atoms with E-state index in [0.29, 0.717) is 0 Å². The molecule has 0 amide bonds. The zero-order valence-electron chi connectivity index (χ0n) is 12.8. The lowest BCUT2D eigenvalue weighted by molar-refractivity contribution is 0.323. The summed E-state index contributed by atoms with van der Waals surface area (Å²) < 4.78 is 0. The van der Waals surface area contributed by atoms with E-state index in [1.54, 1.807) is 0 Å². The number of hydrogen-bond acceptors (Lipinski definition) is 2. The molecule has 0 bridgehead atoms. The van der Waals surface area contributed by atoms with Crippen LogP contribution in [0, 0.1) is 0 Å². The minimum absolute atomic E-state index is 0. The zero-order valence-corrected chi connectivity index (χ0v) is 14.4. The van der Waals surface area contributed by atoms with E-state index in [-0.39, 0.29) is 18.4 Å². The second-order valence-corrected chi connectivity index (χ2v) is 5.87. The minimum Gasteiger partial charge on any atom is -0.303 e. The number of nitrogens with one attached hydrogen (secondary N) is 1. The van der Waals surface area contributed by atoms with Gasteiger partial charge in [0.2, 0.25) is 0 Å². The van der Waals surface area contributed by atoms with Gasteiger partial charge in [0, 0.05) is 22.0 Å². The SMILES string of the molecule is CC(c1c(Cl)ccc2[nH]nc(-c3ccccc3)c12)N(C)C.Cl. The maximum absolute atomic E-state index is 6.49. The molecule has 1 unspecified atom stereocenters. The Morgan fingerprint density at radius 3 is 2.41 bits per heavy atom. The molecule has 3 nitrogen and oxygen atoms in total. The van der Waals surface area contributed by atoms with Gasteiger partial charge in [-0.1, -0.05) is 41.9 Å². The van der Waals surface area contributed by atoms with Crippen molar-refractivity contribution in [3.63, 3.8) is 0 Å². The van der Waals surface area contributed by atoms with Crippen LogP contribution in [0.3, 0.4) is 0 Å². The lowest BCUT2D eigenvalue weighted by Crippen LogP contribution is -2.17. The van der Waals surface area contributed by atoms with Crippen molar-refractivity contribution in [1.82, 2.24) is 15.1 Å². The molecule has 0 fully saturated rings. The highest BCUT2D eigenvalue weighted by atomic mass is 35.5. The summed E-state index contributed by atoms with van der Waals surface area (Å²) in [5, 5.41) is 9.51. The maximum atomic E-state index is 6.49. The summed E-state index contributed by atoms with van der Waals surface area (Å²) in [6.45, 7) is 2.16. The molecular formula is C17H19Cl2N3. The average Bonchev–Trinajstić information content (AvgIpc) is 2.91.